The molecule has 1 aliphatic heterocycles. The highest BCUT2D eigenvalue weighted by atomic mass is 15.3. The topological polar surface area (TPSA) is 58.3 Å². The molecule has 5 heteroatoms. The Hall–Kier alpha value is -1.36. The standard InChI is InChI=1S/C15H27N5/c1-6-7-13-17-14(16)12(4)15(18-13)20-8-10(2)19(5)11(3)9-20/h10-11H,6-9H2,1-5H3,(H2,16,17,18). The molecule has 2 N–H and O–H groups in total. The van der Waals surface area contributed by atoms with Gasteiger partial charge in [-0.2, -0.15) is 0 Å². The van der Waals surface area contributed by atoms with Gasteiger partial charge in [-0.25, -0.2) is 9.97 Å². The van der Waals surface area contributed by atoms with Crippen LogP contribution in [0.25, 0.3) is 0 Å². The molecule has 2 rings (SSSR count). The number of piperazine rings is 1. The number of nitrogens with two attached hydrogens (primary N) is 1. The molecule has 2 unspecified atom stereocenters. The van der Waals surface area contributed by atoms with Crippen LogP contribution in [0.5, 0.6) is 0 Å². The Labute approximate surface area is 122 Å². The third kappa shape index (κ3) is 2.87. The van der Waals surface area contributed by atoms with E-state index in [1.165, 1.54) is 0 Å². The van der Waals surface area contributed by atoms with E-state index in [0.717, 1.165) is 43.1 Å². The van der Waals surface area contributed by atoms with E-state index >= 15 is 0 Å². The molecule has 0 bridgehead atoms. The van der Waals surface area contributed by atoms with Crippen molar-refractivity contribution in [1.82, 2.24) is 14.9 Å². The fourth-order valence-electron chi connectivity index (χ4n) is 2.79. The van der Waals surface area contributed by atoms with Crippen molar-refractivity contribution in [3.8, 4) is 0 Å². The van der Waals surface area contributed by atoms with Crippen LogP contribution in [0.3, 0.4) is 0 Å². The lowest BCUT2D eigenvalue weighted by atomic mass is 10.1. The zero-order valence-electron chi connectivity index (χ0n) is 13.3. The van der Waals surface area contributed by atoms with Gasteiger partial charge in [0.2, 0.25) is 0 Å². The first-order chi connectivity index (χ1) is 9.43. The number of rotatable bonds is 3. The largest absolute Gasteiger partial charge is 0.383 e. The quantitative estimate of drug-likeness (QED) is 0.913. The van der Waals surface area contributed by atoms with Crippen LogP contribution in [0.4, 0.5) is 11.6 Å². The molecule has 2 heterocycles. The minimum atomic E-state index is 0.518. The molecule has 0 amide bonds. The van der Waals surface area contributed by atoms with E-state index in [4.69, 9.17) is 10.7 Å². The zero-order chi connectivity index (χ0) is 14.9. The van der Waals surface area contributed by atoms with Crippen LogP contribution in [-0.4, -0.2) is 47.1 Å². The van der Waals surface area contributed by atoms with Gasteiger partial charge in [-0.15, -0.1) is 0 Å². The second kappa shape index (κ2) is 5.95. The van der Waals surface area contributed by atoms with Gasteiger partial charge in [0.05, 0.1) is 0 Å². The van der Waals surface area contributed by atoms with Crippen LogP contribution in [0.15, 0.2) is 0 Å². The molecule has 0 radical (unpaired) electrons. The van der Waals surface area contributed by atoms with Crippen molar-refractivity contribution in [3.05, 3.63) is 11.4 Å². The highest BCUT2D eigenvalue weighted by molar-refractivity contribution is 5.57. The number of aromatic nitrogens is 2. The minimum absolute atomic E-state index is 0.518. The van der Waals surface area contributed by atoms with Crippen molar-refractivity contribution >= 4 is 11.6 Å². The van der Waals surface area contributed by atoms with E-state index in [2.05, 4.69) is 42.6 Å². The Morgan fingerprint density at radius 2 is 1.80 bits per heavy atom. The molecule has 1 aliphatic rings. The molecule has 1 fully saturated rings. The van der Waals surface area contributed by atoms with Gasteiger partial charge in [-0.1, -0.05) is 6.92 Å². The summed E-state index contributed by atoms with van der Waals surface area (Å²) < 4.78 is 0. The summed E-state index contributed by atoms with van der Waals surface area (Å²) in [4.78, 5) is 13.9. The molecule has 0 aliphatic carbocycles. The molecule has 1 aromatic rings. The first kappa shape index (κ1) is 15.0. The summed E-state index contributed by atoms with van der Waals surface area (Å²) in [5, 5.41) is 0. The Balaban J connectivity index is 2.32. The van der Waals surface area contributed by atoms with Crippen molar-refractivity contribution < 1.29 is 0 Å². The highest BCUT2D eigenvalue weighted by Gasteiger charge is 2.28. The van der Waals surface area contributed by atoms with Gasteiger partial charge < -0.3 is 10.6 Å². The lowest BCUT2D eigenvalue weighted by Crippen LogP contribution is -2.55. The van der Waals surface area contributed by atoms with Gasteiger partial charge in [0.15, 0.2) is 0 Å². The summed E-state index contributed by atoms with van der Waals surface area (Å²) in [5.74, 6) is 2.51. The molecular formula is C15H27N5. The number of anilines is 2. The summed E-state index contributed by atoms with van der Waals surface area (Å²) in [6.45, 7) is 10.7. The fourth-order valence-corrected chi connectivity index (χ4v) is 2.79. The number of nitrogen functional groups attached to an aromatic ring is 1. The molecule has 0 aromatic carbocycles. The summed E-state index contributed by atoms with van der Waals surface area (Å²) >= 11 is 0. The van der Waals surface area contributed by atoms with Gasteiger partial charge >= 0.3 is 0 Å². The van der Waals surface area contributed by atoms with Crippen LogP contribution in [-0.2, 0) is 6.42 Å². The maximum absolute atomic E-state index is 6.07. The molecule has 20 heavy (non-hydrogen) atoms. The summed E-state index contributed by atoms with van der Waals surface area (Å²) in [6.07, 6.45) is 1.92. The average molecular weight is 277 g/mol. The van der Waals surface area contributed by atoms with Crippen molar-refractivity contribution in [2.75, 3.05) is 30.8 Å². The lowest BCUT2D eigenvalue weighted by Gasteiger charge is -2.43. The molecule has 0 saturated carbocycles. The third-order valence-electron chi connectivity index (χ3n) is 4.34. The number of hydrogen-bond donors (Lipinski definition) is 1. The van der Waals surface area contributed by atoms with E-state index in [9.17, 15) is 0 Å². The van der Waals surface area contributed by atoms with E-state index in [-0.39, 0.29) is 0 Å². The minimum Gasteiger partial charge on any atom is -0.383 e. The van der Waals surface area contributed by atoms with Gasteiger partial charge in [-0.05, 0) is 34.2 Å². The molecule has 0 spiro atoms. The summed E-state index contributed by atoms with van der Waals surface area (Å²) in [6, 6.07) is 1.04. The number of nitrogens with zero attached hydrogens (tertiary/aromatic N) is 4. The van der Waals surface area contributed by atoms with Crippen molar-refractivity contribution in [2.45, 2.75) is 52.6 Å². The van der Waals surface area contributed by atoms with E-state index in [1.807, 2.05) is 6.92 Å². The first-order valence-electron chi connectivity index (χ1n) is 7.53. The molecule has 1 aromatic heterocycles. The molecule has 1 saturated heterocycles. The first-order valence-corrected chi connectivity index (χ1v) is 7.53. The van der Waals surface area contributed by atoms with Crippen molar-refractivity contribution in [3.63, 3.8) is 0 Å². The van der Waals surface area contributed by atoms with Crippen LogP contribution >= 0.6 is 0 Å². The Kier molecular flexibility index (Phi) is 4.48. The highest BCUT2D eigenvalue weighted by Crippen LogP contribution is 2.25. The maximum atomic E-state index is 6.07. The van der Waals surface area contributed by atoms with Gasteiger partial charge in [0, 0.05) is 37.2 Å². The lowest BCUT2D eigenvalue weighted by molar-refractivity contribution is 0.169. The predicted molar refractivity (Wildman–Crippen MR) is 84.1 cm³/mol. The monoisotopic (exact) mass is 277 g/mol. The Morgan fingerprint density at radius 3 is 2.35 bits per heavy atom. The van der Waals surface area contributed by atoms with E-state index in [1.54, 1.807) is 0 Å². The SMILES string of the molecule is CCCc1nc(N)c(C)c(N2CC(C)N(C)C(C)C2)n1. The van der Waals surface area contributed by atoms with Crippen molar-refractivity contribution in [1.29, 1.82) is 0 Å². The second-order valence-electron chi connectivity index (χ2n) is 5.99. The number of hydrogen-bond acceptors (Lipinski definition) is 5. The summed E-state index contributed by atoms with van der Waals surface area (Å²) in [7, 11) is 2.19. The van der Waals surface area contributed by atoms with Gasteiger partial charge in [-0.3, -0.25) is 4.90 Å². The van der Waals surface area contributed by atoms with Crippen LogP contribution in [0.1, 0.15) is 38.6 Å². The van der Waals surface area contributed by atoms with Gasteiger partial charge in [0.25, 0.3) is 0 Å². The van der Waals surface area contributed by atoms with Crippen molar-refractivity contribution in [2.24, 2.45) is 0 Å². The zero-order valence-corrected chi connectivity index (χ0v) is 13.3. The second-order valence-corrected chi connectivity index (χ2v) is 5.99. The maximum Gasteiger partial charge on any atom is 0.137 e. The fraction of sp³-hybridized carbons (Fsp3) is 0.733. The molecule has 2 atom stereocenters. The number of likely N-dealkylation sites (N-methyl/N-ethyl adjacent to an activating group) is 1. The smallest absolute Gasteiger partial charge is 0.137 e. The Morgan fingerprint density at radius 1 is 1.20 bits per heavy atom. The predicted octanol–water partition coefficient (Wildman–Crippen LogP) is 1.85. The average Bonchev–Trinajstić information content (AvgIpc) is 2.39. The van der Waals surface area contributed by atoms with E-state index < -0.39 is 0 Å². The Bertz CT molecular complexity index is 462. The third-order valence-corrected chi connectivity index (χ3v) is 4.34. The van der Waals surface area contributed by atoms with Crippen LogP contribution in [0.2, 0.25) is 0 Å². The van der Waals surface area contributed by atoms with E-state index in [0.29, 0.717) is 17.9 Å². The van der Waals surface area contributed by atoms with Gasteiger partial charge in [0.1, 0.15) is 17.5 Å². The van der Waals surface area contributed by atoms with Crippen LogP contribution < -0.4 is 10.6 Å². The molecule has 112 valence electrons. The normalized spacial score (nSPS) is 24.1. The number of aryl methyl sites for hydroxylation is 1. The van der Waals surface area contributed by atoms with Crippen LogP contribution in [0, 0.1) is 6.92 Å². The molecule has 5 nitrogen and oxygen atoms in total. The molecular weight excluding hydrogens is 250 g/mol. The summed E-state index contributed by atoms with van der Waals surface area (Å²) in [5.41, 5.74) is 7.07.